The average Bonchev–Trinajstić information content (AvgIpc) is 1.96. The summed E-state index contributed by atoms with van der Waals surface area (Å²) in [5, 5.41) is 2.71. The van der Waals surface area contributed by atoms with Crippen molar-refractivity contribution in [3.63, 3.8) is 0 Å². The van der Waals surface area contributed by atoms with E-state index in [0.717, 1.165) is 5.75 Å². The third-order valence-electron chi connectivity index (χ3n) is 1.07. The number of hydrogen-bond donors (Lipinski definition) is 1. The summed E-state index contributed by atoms with van der Waals surface area (Å²) in [5.74, 6) is 1.61. The Morgan fingerprint density at radius 1 is 1.58 bits per heavy atom. The van der Waals surface area contributed by atoms with E-state index in [0.29, 0.717) is 11.3 Å². The van der Waals surface area contributed by atoms with Gasteiger partial charge in [-0.2, -0.15) is 0 Å². The van der Waals surface area contributed by atoms with Crippen LogP contribution in [-0.2, 0) is 4.79 Å². The zero-order chi connectivity index (χ0) is 9.61. The Morgan fingerprint density at radius 3 is 2.58 bits per heavy atom. The molecule has 0 saturated heterocycles. The van der Waals surface area contributed by atoms with Crippen LogP contribution in [0, 0.1) is 5.41 Å². The molecular weight excluding hydrogens is 170 g/mol. The van der Waals surface area contributed by atoms with Crippen LogP contribution in [-0.4, -0.2) is 17.5 Å². The Bertz CT molecular complexity index is 160. The van der Waals surface area contributed by atoms with Crippen LogP contribution in [0.4, 0.5) is 0 Å². The third kappa shape index (κ3) is 7.66. The second-order valence-corrected chi connectivity index (χ2v) is 4.78. The van der Waals surface area contributed by atoms with Crippen LogP contribution in [0.5, 0.6) is 0 Å². The van der Waals surface area contributed by atoms with Crippen LogP contribution in [0.1, 0.15) is 20.8 Å². The lowest BCUT2D eigenvalue weighted by molar-refractivity contribution is -0.116. The van der Waals surface area contributed by atoms with Gasteiger partial charge in [-0.05, 0) is 17.2 Å². The summed E-state index contributed by atoms with van der Waals surface area (Å²) < 4.78 is 0. The summed E-state index contributed by atoms with van der Waals surface area (Å²) >= 11 is 1.72. The largest absolute Gasteiger partial charge is 0.344 e. The predicted octanol–water partition coefficient (Wildman–Crippen LogP) is 2.03. The molecular formula is C9H17NOS. The number of carbonyl (C=O) groups excluding carboxylic acids is 1. The van der Waals surface area contributed by atoms with Crippen LogP contribution in [0.15, 0.2) is 12.7 Å². The smallest absolute Gasteiger partial charge is 0.244 e. The summed E-state index contributed by atoms with van der Waals surface area (Å²) in [6.07, 6.45) is 1.29. The predicted molar refractivity (Wildman–Crippen MR) is 55.1 cm³/mol. The Kier molecular flexibility index (Phi) is 5.06. The standard InChI is InChI=1S/C9H17NOS/c1-5-8(11)10-7-12-6-9(2,3)4/h5H,1,6-7H2,2-4H3,(H,10,11). The monoisotopic (exact) mass is 187 g/mol. The molecule has 0 aromatic heterocycles. The highest BCUT2D eigenvalue weighted by molar-refractivity contribution is 7.99. The van der Waals surface area contributed by atoms with Crippen LogP contribution in [0.3, 0.4) is 0 Å². The number of nitrogens with one attached hydrogen (secondary N) is 1. The Balaban J connectivity index is 3.34. The van der Waals surface area contributed by atoms with E-state index in [1.54, 1.807) is 11.8 Å². The second kappa shape index (κ2) is 5.25. The van der Waals surface area contributed by atoms with E-state index in [1.807, 2.05) is 0 Å². The summed E-state index contributed by atoms with van der Waals surface area (Å²) in [7, 11) is 0. The molecule has 70 valence electrons. The Morgan fingerprint density at radius 2 is 2.17 bits per heavy atom. The number of rotatable bonds is 4. The minimum absolute atomic E-state index is 0.101. The highest BCUT2D eigenvalue weighted by Crippen LogP contribution is 2.19. The maximum absolute atomic E-state index is 10.7. The normalized spacial score (nSPS) is 10.9. The highest BCUT2D eigenvalue weighted by Gasteiger charge is 2.09. The van der Waals surface area contributed by atoms with Crippen molar-refractivity contribution in [3.8, 4) is 0 Å². The minimum Gasteiger partial charge on any atom is -0.344 e. The molecule has 0 aliphatic rings. The van der Waals surface area contributed by atoms with Gasteiger partial charge in [-0.25, -0.2) is 0 Å². The molecule has 0 bridgehead atoms. The van der Waals surface area contributed by atoms with E-state index in [2.05, 4.69) is 32.7 Å². The van der Waals surface area contributed by atoms with Crippen molar-refractivity contribution in [2.75, 3.05) is 11.6 Å². The topological polar surface area (TPSA) is 29.1 Å². The van der Waals surface area contributed by atoms with Crippen molar-refractivity contribution in [2.45, 2.75) is 20.8 Å². The molecule has 0 spiro atoms. The fourth-order valence-electron chi connectivity index (χ4n) is 0.552. The van der Waals surface area contributed by atoms with Crippen LogP contribution in [0.25, 0.3) is 0 Å². The molecule has 12 heavy (non-hydrogen) atoms. The molecule has 1 N–H and O–H groups in total. The maximum atomic E-state index is 10.7. The Labute approximate surface area is 78.8 Å². The van der Waals surface area contributed by atoms with E-state index in [1.165, 1.54) is 6.08 Å². The fourth-order valence-corrected chi connectivity index (χ4v) is 1.51. The molecule has 0 rings (SSSR count). The summed E-state index contributed by atoms with van der Waals surface area (Å²) in [6, 6.07) is 0. The number of amides is 1. The van der Waals surface area contributed by atoms with Crippen molar-refractivity contribution in [1.82, 2.24) is 5.32 Å². The second-order valence-electron chi connectivity index (χ2n) is 3.80. The third-order valence-corrected chi connectivity index (χ3v) is 2.49. The molecule has 3 heteroatoms. The molecule has 0 aromatic carbocycles. The van der Waals surface area contributed by atoms with E-state index in [-0.39, 0.29) is 5.91 Å². The van der Waals surface area contributed by atoms with Gasteiger partial charge in [-0.15, -0.1) is 11.8 Å². The maximum Gasteiger partial charge on any atom is 0.244 e. The van der Waals surface area contributed by atoms with E-state index < -0.39 is 0 Å². The van der Waals surface area contributed by atoms with Crippen molar-refractivity contribution in [2.24, 2.45) is 5.41 Å². The first kappa shape index (κ1) is 11.6. The average molecular weight is 187 g/mol. The van der Waals surface area contributed by atoms with Gasteiger partial charge < -0.3 is 5.32 Å². The quantitative estimate of drug-likeness (QED) is 0.414. The van der Waals surface area contributed by atoms with Gasteiger partial charge in [0.15, 0.2) is 0 Å². The molecule has 0 fully saturated rings. The van der Waals surface area contributed by atoms with Gasteiger partial charge in [0.2, 0.25) is 5.91 Å². The van der Waals surface area contributed by atoms with Gasteiger partial charge in [-0.1, -0.05) is 27.4 Å². The molecule has 0 atom stereocenters. The SMILES string of the molecule is C=CC(=O)NCSCC(C)(C)C. The summed E-state index contributed by atoms with van der Waals surface area (Å²) in [5.41, 5.74) is 0.323. The number of hydrogen-bond acceptors (Lipinski definition) is 2. The molecule has 2 nitrogen and oxygen atoms in total. The lowest BCUT2D eigenvalue weighted by atomic mass is 10.0. The van der Waals surface area contributed by atoms with Gasteiger partial charge in [-0.3, -0.25) is 4.79 Å². The van der Waals surface area contributed by atoms with Crippen LogP contribution < -0.4 is 5.32 Å². The first-order valence-electron chi connectivity index (χ1n) is 3.94. The van der Waals surface area contributed by atoms with Crippen molar-refractivity contribution < 1.29 is 4.79 Å². The molecule has 0 radical (unpaired) electrons. The zero-order valence-corrected chi connectivity index (χ0v) is 8.83. The van der Waals surface area contributed by atoms with Gasteiger partial charge in [0.1, 0.15) is 0 Å². The summed E-state index contributed by atoms with van der Waals surface area (Å²) in [6.45, 7) is 9.89. The van der Waals surface area contributed by atoms with Gasteiger partial charge in [0.25, 0.3) is 0 Å². The fraction of sp³-hybridized carbons (Fsp3) is 0.667. The van der Waals surface area contributed by atoms with Crippen molar-refractivity contribution in [1.29, 1.82) is 0 Å². The van der Waals surface area contributed by atoms with Crippen LogP contribution in [0.2, 0.25) is 0 Å². The molecule has 0 aliphatic heterocycles. The van der Waals surface area contributed by atoms with E-state index in [4.69, 9.17) is 0 Å². The van der Waals surface area contributed by atoms with Crippen molar-refractivity contribution >= 4 is 17.7 Å². The number of carbonyl (C=O) groups is 1. The highest BCUT2D eigenvalue weighted by atomic mass is 32.2. The minimum atomic E-state index is -0.101. The lowest BCUT2D eigenvalue weighted by Crippen LogP contribution is -2.21. The molecule has 0 heterocycles. The van der Waals surface area contributed by atoms with Gasteiger partial charge in [0, 0.05) is 0 Å². The van der Waals surface area contributed by atoms with Gasteiger partial charge in [0.05, 0.1) is 5.88 Å². The molecule has 0 saturated carbocycles. The van der Waals surface area contributed by atoms with Crippen molar-refractivity contribution in [3.05, 3.63) is 12.7 Å². The molecule has 1 amide bonds. The molecule has 0 unspecified atom stereocenters. The first-order valence-corrected chi connectivity index (χ1v) is 5.09. The Hall–Kier alpha value is -0.440. The number of thioether (sulfide) groups is 1. The van der Waals surface area contributed by atoms with Crippen LogP contribution >= 0.6 is 11.8 Å². The molecule has 0 aliphatic carbocycles. The summed E-state index contributed by atoms with van der Waals surface area (Å²) in [4.78, 5) is 10.7. The first-order chi connectivity index (χ1) is 5.45. The van der Waals surface area contributed by atoms with E-state index >= 15 is 0 Å². The molecule has 0 aromatic rings. The lowest BCUT2D eigenvalue weighted by Gasteiger charge is -2.16. The zero-order valence-electron chi connectivity index (χ0n) is 8.02. The van der Waals surface area contributed by atoms with Gasteiger partial charge >= 0.3 is 0 Å². The van der Waals surface area contributed by atoms with E-state index in [9.17, 15) is 4.79 Å².